The second kappa shape index (κ2) is 6.70. The fourth-order valence-corrected chi connectivity index (χ4v) is 4.47. The summed E-state index contributed by atoms with van der Waals surface area (Å²) in [5, 5.41) is 0. The van der Waals surface area contributed by atoms with Crippen molar-refractivity contribution in [3.05, 3.63) is 65.7 Å². The molecule has 29 heavy (non-hydrogen) atoms. The minimum Gasteiger partial charge on any atom is -0.468 e. The van der Waals surface area contributed by atoms with E-state index in [1.807, 2.05) is 0 Å². The molecule has 0 aliphatic carbocycles. The first kappa shape index (κ1) is 19.1. The summed E-state index contributed by atoms with van der Waals surface area (Å²) in [6, 6.07) is 15.4. The maximum absolute atomic E-state index is 13.5. The number of carbonyl (C=O) groups excluding carboxylic acids is 3. The van der Waals surface area contributed by atoms with E-state index in [0.29, 0.717) is 11.3 Å². The molecule has 2 aliphatic heterocycles. The van der Waals surface area contributed by atoms with Gasteiger partial charge in [0.05, 0.1) is 19.8 Å². The molecule has 1 saturated heterocycles. The van der Waals surface area contributed by atoms with Crippen molar-refractivity contribution < 1.29 is 33.3 Å². The average Bonchev–Trinajstić information content (AvgIpc) is 3.03. The number of fused-ring (bicyclic) bond motifs is 2. The largest absolute Gasteiger partial charge is 0.468 e. The summed E-state index contributed by atoms with van der Waals surface area (Å²) in [6.45, 7) is 1.58. The highest BCUT2D eigenvalue weighted by Gasteiger charge is 2.77. The van der Waals surface area contributed by atoms with Crippen LogP contribution in [0.5, 0.6) is 5.75 Å². The lowest BCUT2D eigenvalue weighted by molar-refractivity contribution is -0.188. The molecule has 2 heterocycles. The molecule has 150 valence electrons. The van der Waals surface area contributed by atoms with Gasteiger partial charge in [0.2, 0.25) is 11.7 Å². The molecule has 0 aromatic heterocycles. The van der Waals surface area contributed by atoms with E-state index in [1.54, 1.807) is 61.5 Å². The van der Waals surface area contributed by atoms with Crippen molar-refractivity contribution in [1.29, 1.82) is 0 Å². The highest BCUT2D eigenvalue weighted by Crippen LogP contribution is 2.60. The van der Waals surface area contributed by atoms with Gasteiger partial charge in [0.1, 0.15) is 17.3 Å². The first-order valence-electron chi connectivity index (χ1n) is 9.12. The van der Waals surface area contributed by atoms with Crippen molar-refractivity contribution in [3.8, 4) is 5.75 Å². The number of rotatable bonds is 3. The molecule has 0 saturated carbocycles. The van der Waals surface area contributed by atoms with E-state index >= 15 is 0 Å². The van der Waals surface area contributed by atoms with Crippen molar-refractivity contribution in [1.82, 2.24) is 0 Å². The maximum Gasteiger partial charge on any atom is 0.327 e. The molecule has 4 rings (SSSR count). The maximum atomic E-state index is 13.5. The van der Waals surface area contributed by atoms with Crippen LogP contribution < -0.4 is 4.74 Å². The number of hydrogen-bond donors (Lipinski definition) is 0. The number of carbonyl (C=O) groups is 3. The second-order valence-electron chi connectivity index (χ2n) is 7.13. The van der Waals surface area contributed by atoms with Gasteiger partial charge in [-0.15, -0.1) is 0 Å². The quantitative estimate of drug-likeness (QED) is 0.582. The number of ether oxygens (including phenoxy) is 4. The number of para-hydroxylation sites is 1. The van der Waals surface area contributed by atoms with Crippen molar-refractivity contribution in [2.75, 3.05) is 14.2 Å². The summed E-state index contributed by atoms with van der Waals surface area (Å²) in [5.41, 5.74) is -2.87. The van der Waals surface area contributed by atoms with Gasteiger partial charge in [0, 0.05) is 0 Å². The number of benzene rings is 2. The second-order valence-corrected chi connectivity index (χ2v) is 7.13. The van der Waals surface area contributed by atoms with Gasteiger partial charge < -0.3 is 18.9 Å². The first-order chi connectivity index (χ1) is 13.9. The third kappa shape index (κ3) is 2.37. The van der Waals surface area contributed by atoms with Gasteiger partial charge in [-0.05, 0) is 24.6 Å². The zero-order valence-corrected chi connectivity index (χ0v) is 16.2. The van der Waals surface area contributed by atoms with Gasteiger partial charge in [-0.2, -0.15) is 0 Å². The topological polar surface area (TPSA) is 88.1 Å². The zero-order chi connectivity index (χ0) is 20.8. The summed E-state index contributed by atoms with van der Waals surface area (Å²) < 4.78 is 22.2. The van der Waals surface area contributed by atoms with E-state index in [2.05, 4.69) is 0 Å². The van der Waals surface area contributed by atoms with Crippen LogP contribution in [0.25, 0.3) is 0 Å². The fraction of sp³-hybridized carbons (Fsp3) is 0.318. The Kier molecular flexibility index (Phi) is 4.42. The van der Waals surface area contributed by atoms with Crippen LogP contribution in [-0.4, -0.2) is 38.2 Å². The summed E-state index contributed by atoms with van der Waals surface area (Å²) in [5.74, 6) is -3.21. The number of ketones is 1. The molecule has 0 radical (unpaired) electrons. The molecule has 7 nitrogen and oxygen atoms in total. The lowest BCUT2D eigenvalue weighted by Crippen LogP contribution is -2.58. The molecule has 2 aromatic carbocycles. The highest BCUT2D eigenvalue weighted by molar-refractivity contribution is 6.12. The Hall–Kier alpha value is -3.19. The van der Waals surface area contributed by atoms with Crippen LogP contribution in [0.2, 0.25) is 0 Å². The Morgan fingerprint density at radius 2 is 1.52 bits per heavy atom. The third-order valence-electron chi connectivity index (χ3n) is 5.86. The lowest BCUT2D eigenvalue weighted by atomic mass is 9.61. The molecule has 7 heteroatoms. The van der Waals surface area contributed by atoms with Crippen LogP contribution in [-0.2, 0) is 29.4 Å². The number of hydrogen-bond acceptors (Lipinski definition) is 7. The molecule has 0 N–H and O–H groups in total. The first-order valence-corrected chi connectivity index (χ1v) is 9.12. The fourth-order valence-electron chi connectivity index (χ4n) is 4.47. The lowest BCUT2D eigenvalue weighted by Gasteiger charge is -2.39. The van der Waals surface area contributed by atoms with Gasteiger partial charge in [-0.25, -0.2) is 0 Å². The van der Waals surface area contributed by atoms with Gasteiger partial charge in [0.15, 0.2) is 5.78 Å². The molecule has 1 fully saturated rings. The van der Waals surface area contributed by atoms with E-state index in [1.165, 1.54) is 0 Å². The van der Waals surface area contributed by atoms with Gasteiger partial charge in [0.25, 0.3) is 0 Å². The molecule has 0 bridgehead atoms. The van der Waals surface area contributed by atoms with Gasteiger partial charge in [-0.1, -0.05) is 42.5 Å². The third-order valence-corrected chi connectivity index (χ3v) is 5.86. The van der Waals surface area contributed by atoms with E-state index in [-0.39, 0.29) is 5.56 Å². The molecular weight excluding hydrogens is 376 g/mol. The minimum atomic E-state index is -2.09. The van der Waals surface area contributed by atoms with E-state index in [4.69, 9.17) is 18.9 Å². The smallest absolute Gasteiger partial charge is 0.327 e. The van der Waals surface area contributed by atoms with Crippen molar-refractivity contribution in [3.63, 3.8) is 0 Å². The average molecular weight is 396 g/mol. The standard InChI is InChI=1S/C22H20O7/c1-21(13-9-5-4-6-10-13)22(19(24)26-2,20(25)27-3)16-17(23)14-11-7-8-12-15(14)28-18(16)29-21/h4-12,16,18H,1-3H3/t16-,18+,21+/m1/s1. The molecule has 2 aliphatic rings. The normalized spacial score (nSPS) is 26.7. The Balaban J connectivity index is 2.01. The van der Waals surface area contributed by atoms with Crippen LogP contribution in [0, 0.1) is 11.3 Å². The summed E-state index contributed by atoms with van der Waals surface area (Å²) in [6.07, 6.45) is -1.17. The molecule has 0 amide bonds. The monoisotopic (exact) mass is 396 g/mol. The summed E-state index contributed by atoms with van der Waals surface area (Å²) >= 11 is 0. The van der Waals surface area contributed by atoms with Crippen LogP contribution in [0.1, 0.15) is 22.8 Å². The van der Waals surface area contributed by atoms with E-state index < -0.39 is 40.9 Å². The summed E-state index contributed by atoms with van der Waals surface area (Å²) in [4.78, 5) is 40.0. The Morgan fingerprint density at radius 1 is 0.931 bits per heavy atom. The van der Waals surface area contributed by atoms with Crippen LogP contribution in [0.4, 0.5) is 0 Å². The van der Waals surface area contributed by atoms with Crippen LogP contribution in [0.15, 0.2) is 54.6 Å². The summed E-state index contributed by atoms with van der Waals surface area (Å²) in [7, 11) is 2.32. The number of esters is 2. The Labute approximate surface area is 167 Å². The SMILES string of the molecule is COC(=O)C1(C(=O)OC)[C@@H]2C(=O)c3ccccc3O[C@H]2O[C@@]1(C)c1ccccc1. The molecule has 2 aromatic rings. The Morgan fingerprint density at radius 3 is 2.14 bits per heavy atom. The van der Waals surface area contributed by atoms with Crippen LogP contribution >= 0.6 is 0 Å². The predicted molar refractivity (Wildman–Crippen MR) is 100 cm³/mol. The van der Waals surface area contributed by atoms with Crippen molar-refractivity contribution in [2.45, 2.75) is 18.8 Å². The van der Waals surface area contributed by atoms with Crippen molar-refractivity contribution >= 4 is 17.7 Å². The van der Waals surface area contributed by atoms with Crippen molar-refractivity contribution in [2.24, 2.45) is 11.3 Å². The molecule has 3 atom stereocenters. The predicted octanol–water partition coefficient (Wildman–Crippen LogP) is 2.48. The van der Waals surface area contributed by atoms with Gasteiger partial charge in [-0.3, -0.25) is 14.4 Å². The van der Waals surface area contributed by atoms with Gasteiger partial charge >= 0.3 is 11.9 Å². The highest BCUT2D eigenvalue weighted by atomic mass is 16.7. The molecular formula is C22H20O7. The Bertz CT molecular complexity index is 968. The number of Topliss-reactive ketones (excluding diaryl/α,β-unsaturated/α-hetero) is 1. The molecule has 0 unspecified atom stereocenters. The van der Waals surface area contributed by atoms with Crippen LogP contribution in [0.3, 0.4) is 0 Å². The minimum absolute atomic E-state index is 0.270. The van der Waals surface area contributed by atoms with E-state index in [9.17, 15) is 14.4 Å². The molecule has 0 spiro atoms. The number of methoxy groups -OCH3 is 2. The van der Waals surface area contributed by atoms with E-state index in [0.717, 1.165) is 14.2 Å². The zero-order valence-electron chi connectivity index (χ0n) is 16.2.